The zero-order valence-corrected chi connectivity index (χ0v) is 9.35. The number of hydrogen-bond donors (Lipinski definition) is 1. The molecule has 0 atom stereocenters. The fraction of sp³-hybridized carbons (Fsp3) is 0. The number of amides is 1. The summed E-state index contributed by atoms with van der Waals surface area (Å²) in [6.45, 7) is 0. The van der Waals surface area contributed by atoms with Gasteiger partial charge in [0.15, 0.2) is 0 Å². The lowest BCUT2D eigenvalue weighted by atomic mass is 10.4. The van der Waals surface area contributed by atoms with Crippen molar-refractivity contribution in [3.63, 3.8) is 0 Å². The normalized spacial score (nSPS) is 10.7. The molecule has 0 unspecified atom stereocenters. The molecule has 15 heavy (non-hydrogen) atoms. The maximum atomic E-state index is 11.4. The van der Waals surface area contributed by atoms with Gasteiger partial charge in [0.05, 0.1) is 11.1 Å². The molecule has 0 aliphatic rings. The number of nitrogens with zero attached hydrogens (tertiary/aromatic N) is 1. The van der Waals surface area contributed by atoms with Crippen molar-refractivity contribution in [2.75, 3.05) is 0 Å². The quantitative estimate of drug-likeness (QED) is 0.646. The van der Waals surface area contributed by atoms with Gasteiger partial charge in [-0.3, -0.25) is 4.79 Å². The van der Waals surface area contributed by atoms with E-state index in [1.165, 1.54) is 11.3 Å². The molecular formula is C10H8N2OS2. The Bertz CT molecular complexity index is 446. The average molecular weight is 236 g/mol. The van der Waals surface area contributed by atoms with Crippen molar-refractivity contribution < 1.29 is 4.79 Å². The Balaban J connectivity index is 1.91. The summed E-state index contributed by atoms with van der Waals surface area (Å²) >= 11 is 2.97. The number of hydrazone groups is 1. The van der Waals surface area contributed by atoms with Crippen molar-refractivity contribution >= 4 is 34.8 Å². The number of carbonyl (C=O) groups is 1. The van der Waals surface area contributed by atoms with E-state index in [1.54, 1.807) is 23.6 Å². The predicted molar refractivity (Wildman–Crippen MR) is 63.7 cm³/mol. The van der Waals surface area contributed by atoms with Crippen LogP contribution in [0.5, 0.6) is 0 Å². The molecule has 0 fully saturated rings. The molecule has 1 amide bonds. The van der Waals surface area contributed by atoms with Crippen LogP contribution in [0, 0.1) is 0 Å². The van der Waals surface area contributed by atoms with Gasteiger partial charge >= 0.3 is 0 Å². The Hall–Kier alpha value is -1.46. The molecule has 0 aliphatic carbocycles. The van der Waals surface area contributed by atoms with E-state index >= 15 is 0 Å². The summed E-state index contributed by atoms with van der Waals surface area (Å²) in [5.41, 5.74) is 2.47. The summed E-state index contributed by atoms with van der Waals surface area (Å²) in [4.78, 5) is 13.1. The van der Waals surface area contributed by atoms with E-state index in [0.29, 0.717) is 4.88 Å². The molecule has 0 aromatic carbocycles. The molecule has 0 spiro atoms. The first-order chi connectivity index (χ1) is 7.36. The van der Waals surface area contributed by atoms with Crippen LogP contribution in [0.4, 0.5) is 0 Å². The second kappa shape index (κ2) is 4.86. The SMILES string of the molecule is O=C(NN=Cc1cccs1)c1cccs1. The molecule has 2 rings (SSSR count). The minimum Gasteiger partial charge on any atom is -0.266 e. The van der Waals surface area contributed by atoms with Crippen LogP contribution < -0.4 is 5.43 Å². The highest BCUT2D eigenvalue weighted by Gasteiger charge is 2.03. The fourth-order valence-corrected chi connectivity index (χ4v) is 2.18. The zero-order valence-electron chi connectivity index (χ0n) is 7.71. The van der Waals surface area contributed by atoms with Crippen LogP contribution in [0.1, 0.15) is 14.5 Å². The molecule has 2 aromatic rings. The summed E-state index contributed by atoms with van der Waals surface area (Å²) in [7, 11) is 0. The van der Waals surface area contributed by atoms with E-state index in [1.807, 2.05) is 29.0 Å². The number of thiophene rings is 2. The Labute approximate surface area is 95.1 Å². The summed E-state index contributed by atoms with van der Waals surface area (Å²) in [5, 5.41) is 7.68. The summed E-state index contributed by atoms with van der Waals surface area (Å²) in [6.07, 6.45) is 1.64. The number of carbonyl (C=O) groups excluding carboxylic acids is 1. The van der Waals surface area contributed by atoms with Gasteiger partial charge in [-0.15, -0.1) is 22.7 Å². The third-order valence-electron chi connectivity index (χ3n) is 1.65. The van der Waals surface area contributed by atoms with Crippen molar-refractivity contribution in [1.29, 1.82) is 0 Å². The maximum Gasteiger partial charge on any atom is 0.281 e. The maximum absolute atomic E-state index is 11.4. The average Bonchev–Trinajstić information content (AvgIpc) is 2.90. The second-order valence-corrected chi connectivity index (χ2v) is 4.62. The molecule has 0 radical (unpaired) electrons. The van der Waals surface area contributed by atoms with Crippen LogP contribution in [-0.4, -0.2) is 12.1 Å². The third-order valence-corrected chi connectivity index (χ3v) is 3.32. The largest absolute Gasteiger partial charge is 0.281 e. The molecule has 76 valence electrons. The Morgan fingerprint density at radius 3 is 2.73 bits per heavy atom. The van der Waals surface area contributed by atoms with E-state index in [4.69, 9.17) is 0 Å². The third kappa shape index (κ3) is 2.74. The van der Waals surface area contributed by atoms with Crippen molar-refractivity contribution in [2.45, 2.75) is 0 Å². The van der Waals surface area contributed by atoms with Crippen LogP contribution in [0.15, 0.2) is 40.1 Å². The minimum absolute atomic E-state index is 0.169. The zero-order chi connectivity index (χ0) is 10.5. The number of hydrogen-bond acceptors (Lipinski definition) is 4. The van der Waals surface area contributed by atoms with Crippen molar-refractivity contribution in [3.8, 4) is 0 Å². The van der Waals surface area contributed by atoms with Crippen LogP contribution in [0.2, 0.25) is 0 Å². The number of nitrogens with one attached hydrogen (secondary N) is 1. The second-order valence-electron chi connectivity index (χ2n) is 2.69. The van der Waals surface area contributed by atoms with Crippen LogP contribution in [-0.2, 0) is 0 Å². The van der Waals surface area contributed by atoms with E-state index in [-0.39, 0.29) is 5.91 Å². The van der Waals surface area contributed by atoms with E-state index in [0.717, 1.165) is 4.88 Å². The van der Waals surface area contributed by atoms with E-state index in [2.05, 4.69) is 10.5 Å². The summed E-state index contributed by atoms with van der Waals surface area (Å²) < 4.78 is 0. The van der Waals surface area contributed by atoms with Gasteiger partial charge in [-0.2, -0.15) is 5.10 Å². The first kappa shape index (κ1) is 10.1. The standard InChI is InChI=1S/C10H8N2OS2/c13-10(9-4-2-6-15-9)12-11-7-8-3-1-5-14-8/h1-7H,(H,12,13). The highest BCUT2D eigenvalue weighted by Crippen LogP contribution is 2.08. The highest BCUT2D eigenvalue weighted by atomic mass is 32.1. The van der Waals surface area contributed by atoms with Crippen LogP contribution in [0.25, 0.3) is 0 Å². The smallest absolute Gasteiger partial charge is 0.266 e. The molecule has 0 saturated carbocycles. The lowest BCUT2D eigenvalue weighted by Gasteiger charge is -1.93. The van der Waals surface area contributed by atoms with Gasteiger partial charge in [0.1, 0.15) is 0 Å². The molecule has 2 aromatic heterocycles. The molecule has 3 nitrogen and oxygen atoms in total. The summed E-state index contributed by atoms with van der Waals surface area (Å²) in [5.74, 6) is -0.169. The van der Waals surface area contributed by atoms with Gasteiger partial charge in [0.25, 0.3) is 5.91 Å². The van der Waals surface area contributed by atoms with Gasteiger partial charge in [-0.1, -0.05) is 12.1 Å². The van der Waals surface area contributed by atoms with Gasteiger partial charge in [-0.25, -0.2) is 5.43 Å². The van der Waals surface area contributed by atoms with Crippen LogP contribution in [0.3, 0.4) is 0 Å². The molecule has 0 bridgehead atoms. The lowest BCUT2D eigenvalue weighted by molar-refractivity contribution is 0.0959. The van der Waals surface area contributed by atoms with E-state index in [9.17, 15) is 4.79 Å². The molecule has 2 heterocycles. The Kier molecular flexibility index (Phi) is 3.26. The van der Waals surface area contributed by atoms with Gasteiger partial charge < -0.3 is 0 Å². The monoisotopic (exact) mass is 236 g/mol. The van der Waals surface area contributed by atoms with Crippen LogP contribution >= 0.6 is 22.7 Å². The van der Waals surface area contributed by atoms with Gasteiger partial charge in [0.2, 0.25) is 0 Å². The molecule has 5 heteroatoms. The van der Waals surface area contributed by atoms with Gasteiger partial charge in [0, 0.05) is 4.88 Å². The predicted octanol–water partition coefficient (Wildman–Crippen LogP) is 2.57. The van der Waals surface area contributed by atoms with Crippen molar-refractivity contribution in [3.05, 3.63) is 44.8 Å². The highest BCUT2D eigenvalue weighted by molar-refractivity contribution is 7.12. The molecule has 0 aliphatic heterocycles. The minimum atomic E-state index is -0.169. The van der Waals surface area contributed by atoms with Crippen molar-refractivity contribution in [1.82, 2.24) is 5.43 Å². The number of rotatable bonds is 3. The Morgan fingerprint density at radius 1 is 1.27 bits per heavy atom. The van der Waals surface area contributed by atoms with Gasteiger partial charge in [-0.05, 0) is 22.9 Å². The molecule has 1 N–H and O–H groups in total. The van der Waals surface area contributed by atoms with E-state index < -0.39 is 0 Å². The molecular weight excluding hydrogens is 228 g/mol. The summed E-state index contributed by atoms with van der Waals surface area (Å²) in [6, 6.07) is 7.47. The van der Waals surface area contributed by atoms with Crippen molar-refractivity contribution in [2.24, 2.45) is 5.10 Å². The molecule has 0 saturated heterocycles. The first-order valence-electron chi connectivity index (χ1n) is 4.26. The fourth-order valence-electron chi connectivity index (χ4n) is 0.982. The first-order valence-corrected chi connectivity index (χ1v) is 6.02. The Morgan fingerprint density at radius 2 is 2.07 bits per heavy atom. The lowest BCUT2D eigenvalue weighted by Crippen LogP contribution is -2.15. The topological polar surface area (TPSA) is 41.5 Å².